The molecule has 0 fully saturated rings. The summed E-state index contributed by atoms with van der Waals surface area (Å²) in [6.07, 6.45) is 2.59. The molecule has 0 aromatic heterocycles. The van der Waals surface area contributed by atoms with Gasteiger partial charge in [0.25, 0.3) is 0 Å². The van der Waals surface area contributed by atoms with E-state index in [4.69, 9.17) is 4.74 Å². The maximum absolute atomic E-state index is 11.3. The van der Waals surface area contributed by atoms with Crippen LogP contribution >= 0.6 is 24.0 Å². The molecule has 0 aliphatic rings. The molecule has 0 aliphatic carbocycles. The van der Waals surface area contributed by atoms with Gasteiger partial charge in [-0.2, -0.15) is 0 Å². The minimum atomic E-state index is -2.95. The van der Waals surface area contributed by atoms with Gasteiger partial charge in [-0.1, -0.05) is 17.7 Å². The lowest BCUT2D eigenvalue weighted by atomic mass is 10.1. The number of ether oxygens (including phenoxy) is 1. The Morgan fingerprint density at radius 2 is 2.04 bits per heavy atom. The molecule has 0 aliphatic heterocycles. The van der Waals surface area contributed by atoms with E-state index in [0.717, 1.165) is 24.3 Å². The number of benzene rings is 1. The quantitative estimate of drug-likeness (QED) is 0.312. The van der Waals surface area contributed by atoms with Crippen LogP contribution < -0.4 is 15.4 Å². The summed E-state index contributed by atoms with van der Waals surface area (Å²) in [6, 6.07) is 6.15. The van der Waals surface area contributed by atoms with Crippen molar-refractivity contribution in [3.8, 4) is 5.75 Å². The molecule has 0 spiro atoms. The van der Waals surface area contributed by atoms with E-state index in [2.05, 4.69) is 28.6 Å². The monoisotopic (exact) mass is 497 g/mol. The van der Waals surface area contributed by atoms with E-state index in [9.17, 15) is 8.42 Å². The van der Waals surface area contributed by atoms with Gasteiger partial charge in [-0.25, -0.2) is 8.42 Å². The number of aryl methyl sites for hydroxylation is 1. The molecule has 0 saturated carbocycles. The second kappa shape index (κ2) is 12.4. The summed E-state index contributed by atoms with van der Waals surface area (Å²) in [4.78, 5) is 4.59. The van der Waals surface area contributed by atoms with Crippen LogP contribution in [0.3, 0.4) is 0 Å². The zero-order valence-electron chi connectivity index (χ0n) is 16.3. The summed E-state index contributed by atoms with van der Waals surface area (Å²) >= 11 is 0. The fourth-order valence-corrected chi connectivity index (χ4v) is 3.19. The van der Waals surface area contributed by atoms with Gasteiger partial charge in [0.05, 0.1) is 12.9 Å². The number of hydrogen-bond donors (Lipinski definition) is 2. The van der Waals surface area contributed by atoms with Crippen molar-refractivity contribution in [1.29, 1.82) is 0 Å². The van der Waals surface area contributed by atoms with Crippen molar-refractivity contribution in [1.82, 2.24) is 10.6 Å². The molecular weight excluding hydrogens is 465 g/mol. The lowest BCUT2D eigenvalue weighted by molar-refractivity contribution is 0.409. The number of rotatable bonds is 9. The Balaban J connectivity index is 0.00000625. The maximum Gasteiger partial charge on any atom is 0.191 e. The molecule has 8 heteroatoms. The summed E-state index contributed by atoms with van der Waals surface area (Å²) in [5, 5.41) is 6.46. The van der Waals surface area contributed by atoms with Gasteiger partial charge in [0, 0.05) is 25.4 Å². The van der Waals surface area contributed by atoms with Gasteiger partial charge in [0.1, 0.15) is 15.6 Å². The van der Waals surface area contributed by atoms with Gasteiger partial charge >= 0.3 is 0 Å². The third kappa shape index (κ3) is 10.2. The lowest BCUT2D eigenvalue weighted by Gasteiger charge is -2.17. The molecule has 0 radical (unpaired) electrons. The molecule has 1 aromatic rings. The van der Waals surface area contributed by atoms with Gasteiger partial charge in [0.2, 0.25) is 0 Å². The molecule has 1 atom stereocenters. The third-order valence-corrected chi connectivity index (χ3v) is 4.71. The number of halogens is 1. The first kappa shape index (κ1) is 25.0. The van der Waals surface area contributed by atoms with Crippen molar-refractivity contribution in [2.45, 2.75) is 39.7 Å². The van der Waals surface area contributed by atoms with Crippen LogP contribution in [-0.4, -0.2) is 52.6 Å². The normalized spacial score (nSPS) is 12.9. The molecule has 0 bridgehead atoms. The van der Waals surface area contributed by atoms with E-state index in [0.29, 0.717) is 18.9 Å². The van der Waals surface area contributed by atoms with Crippen molar-refractivity contribution in [2.24, 2.45) is 4.99 Å². The molecule has 0 heterocycles. The first-order valence-corrected chi connectivity index (χ1v) is 10.7. The minimum Gasteiger partial charge on any atom is -0.496 e. The molecular formula is C18H32IN3O3S. The number of hydrogen-bond acceptors (Lipinski definition) is 4. The molecule has 1 unspecified atom stereocenters. The van der Waals surface area contributed by atoms with Crippen LogP contribution in [0.4, 0.5) is 0 Å². The Hall–Kier alpha value is -1.03. The summed E-state index contributed by atoms with van der Waals surface area (Å²) in [5.74, 6) is 1.75. The van der Waals surface area contributed by atoms with E-state index in [1.54, 1.807) is 7.11 Å². The van der Waals surface area contributed by atoms with E-state index in [1.165, 1.54) is 11.8 Å². The third-order valence-electron chi connectivity index (χ3n) is 3.74. The van der Waals surface area contributed by atoms with Crippen LogP contribution in [0.2, 0.25) is 0 Å². The van der Waals surface area contributed by atoms with Crippen LogP contribution in [0.5, 0.6) is 5.75 Å². The standard InChI is InChI=1S/C18H31N3O3S.HI/c1-6-19-18(21-15(3)10-12-25(5,22)23)20-11-9-16-13-14(2)7-8-17(16)24-4;/h7-8,13,15H,6,9-12H2,1-5H3,(H2,19,20,21);1H. The second-order valence-corrected chi connectivity index (χ2v) is 8.55. The number of aliphatic imine (C=N–C) groups is 1. The zero-order valence-corrected chi connectivity index (χ0v) is 19.5. The lowest BCUT2D eigenvalue weighted by Crippen LogP contribution is -2.43. The fraction of sp³-hybridized carbons (Fsp3) is 0.611. The van der Waals surface area contributed by atoms with Crippen molar-refractivity contribution in [3.05, 3.63) is 29.3 Å². The highest BCUT2D eigenvalue weighted by Gasteiger charge is 2.09. The number of methoxy groups -OCH3 is 1. The van der Waals surface area contributed by atoms with Crippen molar-refractivity contribution >= 4 is 39.8 Å². The van der Waals surface area contributed by atoms with E-state index in [-0.39, 0.29) is 35.8 Å². The maximum atomic E-state index is 11.3. The highest BCUT2D eigenvalue weighted by molar-refractivity contribution is 14.0. The Bertz CT molecular complexity index is 678. The van der Waals surface area contributed by atoms with E-state index in [1.807, 2.05) is 26.0 Å². The SMILES string of the molecule is CCNC(=NCCc1cc(C)ccc1OC)NC(C)CCS(C)(=O)=O.I. The second-order valence-electron chi connectivity index (χ2n) is 6.29. The average Bonchev–Trinajstić information content (AvgIpc) is 2.53. The van der Waals surface area contributed by atoms with Crippen molar-refractivity contribution in [2.75, 3.05) is 32.2 Å². The highest BCUT2D eigenvalue weighted by Crippen LogP contribution is 2.20. The molecule has 2 N–H and O–H groups in total. The van der Waals surface area contributed by atoms with Crippen LogP contribution in [0.15, 0.2) is 23.2 Å². The molecule has 1 aromatic carbocycles. The van der Waals surface area contributed by atoms with Crippen LogP contribution in [0.25, 0.3) is 0 Å². The van der Waals surface area contributed by atoms with E-state index >= 15 is 0 Å². The summed E-state index contributed by atoms with van der Waals surface area (Å²) in [5.41, 5.74) is 2.33. The summed E-state index contributed by atoms with van der Waals surface area (Å²) < 4.78 is 28.0. The largest absolute Gasteiger partial charge is 0.496 e. The number of sulfone groups is 1. The van der Waals surface area contributed by atoms with Gasteiger partial charge in [-0.15, -0.1) is 24.0 Å². The first-order chi connectivity index (χ1) is 11.7. The molecule has 0 saturated heterocycles. The van der Waals surface area contributed by atoms with Gasteiger partial charge < -0.3 is 15.4 Å². The molecule has 0 amide bonds. The van der Waals surface area contributed by atoms with E-state index < -0.39 is 9.84 Å². The summed E-state index contributed by atoms with van der Waals surface area (Å²) in [6.45, 7) is 7.39. The number of nitrogens with one attached hydrogen (secondary N) is 2. The van der Waals surface area contributed by atoms with Gasteiger partial charge in [0.15, 0.2) is 5.96 Å². The highest BCUT2D eigenvalue weighted by atomic mass is 127. The fourth-order valence-electron chi connectivity index (χ4n) is 2.41. The minimum absolute atomic E-state index is 0. The van der Waals surface area contributed by atoms with Crippen molar-refractivity contribution < 1.29 is 13.2 Å². The van der Waals surface area contributed by atoms with Gasteiger partial charge in [-0.3, -0.25) is 4.99 Å². The smallest absolute Gasteiger partial charge is 0.191 e. The van der Waals surface area contributed by atoms with Crippen LogP contribution in [0, 0.1) is 6.92 Å². The summed E-state index contributed by atoms with van der Waals surface area (Å²) in [7, 11) is -1.27. The Kier molecular flexibility index (Phi) is 11.9. The molecule has 26 heavy (non-hydrogen) atoms. The van der Waals surface area contributed by atoms with Crippen LogP contribution in [0.1, 0.15) is 31.4 Å². The molecule has 150 valence electrons. The Morgan fingerprint density at radius 3 is 2.62 bits per heavy atom. The molecule has 1 rings (SSSR count). The van der Waals surface area contributed by atoms with Gasteiger partial charge in [-0.05, 0) is 45.2 Å². The Morgan fingerprint density at radius 1 is 1.35 bits per heavy atom. The topological polar surface area (TPSA) is 79.8 Å². The predicted octanol–water partition coefficient (Wildman–Crippen LogP) is 2.54. The predicted molar refractivity (Wildman–Crippen MR) is 120 cm³/mol. The number of guanidine groups is 1. The molecule has 6 nitrogen and oxygen atoms in total. The first-order valence-electron chi connectivity index (χ1n) is 8.61. The Labute approximate surface area is 175 Å². The zero-order chi connectivity index (χ0) is 18.9. The van der Waals surface area contributed by atoms with Crippen molar-refractivity contribution in [3.63, 3.8) is 0 Å². The number of nitrogens with zero attached hydrogens (tertiary/aromatic N) is 1. The van der Waals surface area contributed by atoms with Crippen LogP contribution in [-0.2, 0) is 16.3 Å². The average molecular weight is 497 g/mol.